The number of phosphoric acid groups is 1. The molecule has 0 aromatic heterocycles. The number of esters is 1. The Kier molecular flexibility index (Phi) is 48.2. The summed E-state index contributed by atoms with van der Waals surface area (Å²) in [7, 11) is -4.28. The van der Waals surface area contributed by atoms with Crippen LogP contribution in [-0.2, 0) is 27.9 Å². The Balaban J connectivity index is 3.86. The van der Waals surface area contributed by atoms with Gasteiger partial charge in [0, 0.05) is 19.6 Å². The van der Waals surface area contributed by atoms with Crippen molar-refractivity contribution >= 4 is 13.8 Å². The van der Waals surface area contributed by atoms with Crippen LogP contribution in [0.4, 0.5) is 0 Å². The van der Waals surface area contributed by atoms with Crippen molar-refractivity contribution in [1.82, 2.24) is 0 Å². The van der Waals surface area contributed by atoms with Crippen LogP contribution in [0, 0.1) is 0 Å². The van der Waals surface area contributed by atoms with E-state index in [9.17, 15) is 14.3 Å². The van der Waals surface area contributed by atoms with Crippen LogP contribution in [0.5, 0.6) is 0 Å². The number of unbranched alkanes of at least 4 members (excludes halogenated alkanes) is 33. The molecule has 0 aromatic carbocycles. The first-order valence-corrected chi connectivity index (χ1v) is 27.3. The lowest BCUT2D eigenvalue weighted by Crippen LogP contribution is -2.28. The predicted molar refractivity (Wildman–Crippen MR) is 257 cm³/mol. The largest absolute Gasteiger partial charge is 0.472 e. The Bertz CT molecular complexity index is 977. The van der Waals surface area contributed by atoms with Crippen LogP contribution >= 0.6 is 7.82 Å². The molecule has 0 saturated heterocycles. The van der Waals surface area contributed by atoms with Crippen LogP contribution in [0.15, 0.2) is 24.3 Å². The fourth-order valence-electron chi connectivity index (χ4n) is 7.56. The SMILES string of the molecule is CCCCCCC/C=C\C/C=C\CCCCCCCCCCCCCCCCOCC(COP(=O)(O)OCCN)OC(=O)CCCCCCCCCCCCCCCCC. The quantitative estimate of drug-likeness (QED) is 0.0269. The summed E-state index contributed by atoms with van der Waals surface area (Å²) in [5.74, 6) is -0.325. The lowest BCUT2D eigenvalue weighted by atomic mass is 10.0. The Labute approximate surface area is 372 Å². The van der Waals surface area contributed by atoms with Crippen LogP contribution < -0.4 is 5.73 Å². The molecule has 0 saturated carbocycles. The highest BCUT2D eigenvalue weighted by molar-refractivity contribution is 7.47. The van der Waals surface area contributed by atoms with E-state index in [1.54, 1.807) is 0 Å². The zero-order valence-corrected chi connectivity index (χ0v) is 40.6. The molecule has 0 radical (unpaired) electrons. The number of phosphoric ester groups is 1. The van der Waals surface area contributed by atoms with Crippen molar-refractivity contribution in [2.24, 2.45) is 5.73 Å². The summed E-state index contributed by atoms with van der Waals surface area (Å²) in [4.78, 5) is 22.6. The third-order valence-electron chi connectivity index (χ3n) is 11.4. The molecule has 0 aliphatic carbocycles. The van der Waals surface area contributed by atoms with Gasteiger partial charge in [0.25, 0.3) is 0 Å². The van der Waals surface area contributed by atoms with E-state index in [2.05, 4.69) is 38.2 Å². The maximum absolute atomic E-state index is 12.6. The molecule has 2 atom stereocenters. The maximum Gasteiger partial charge on any atom is 0.472 e. The molecule has 0 fully saturated rings. The van der Waals surface area contributed by atoms with Gasteiger partial charge in [-0.25, -0.2) is 4.57 Å². The summed E-state index contributed by atoms with van der Waals surface area (Å²) in [6.07, 6.45) is 56.4. The first-order chi connectivity index (χ1) is 29.4. The van der Waals surface area contributed by atoms with Crippen molar-refractivity contribution in [3.63, 3.8) is 0 Å². The lowest BCUT2D eigenvalue weighted by molar-refractivity contribution is -0.154. The summed E-state index contributed by atoms with van der Waals surface area (Å²) in [5.41, 5.74) is 5.39. The summed E-state index contributed by atoms with van der Waals surface area (Å²) in [6, 6.07) is 0. The van der Waals surface area contributed by atoms with Gasteiger partial charge in [-0.15, -0.1) is 0 Å². The molecule has 0 amide bonds. The highest BCUT2D eigenvalue weighted by Crippen LogP contribution is 2.43. The smallest absolute Gasteiger partial charge is 0.457 e. The molecular formula is C51H100NO7P. The molecule has 0 bridgehead atoms. The minimum Gasteiger partial charge on any atom is -0.457 e. The summed E-state index contributed by atoms with van der Waals surface area (Å²) in [5, 5.41) is 0. The minimum absolute atomic E-state index is 0.0925. The first kappa shape index (κ1) is 59.0. The minimum atomic E-state index is -4.28. The number of ether oxygens (including phenoxy) is 2. The Hall–Kier alpha value is -1.02. The Morgan fingerprint density at radius 3 is 1.30 bits per heavy atom. The molecule has 356 valence electrons. The normalized spacial score (nSPS) is 13.5. The van der Waals surface area contributed by atoms with Crippen molar-refractivity contribution in [2.75, 3.05) is 33.0 Å². The van der Waals surface area contributed by atoms with E-state index in [-0.39, 0.29) is 32.3 Å². The standard InChI is InChI=1S/C51H100NO7P/c1-3-5-7-9-11-13-15-17-19-20-21-22-23-24-25-26-27-28-29-31-33-35-37-39-41-43-46-56-48-50(49-58-60(54,55)57-47-45-52)59-51(53)44-42-40-38-36-34-32-30-18-16-14-12-10-8-6-4-2/h15,17,20-21,50H,3-14,16,18-19,22-49,52H2,1-2H3,(H,54,55)/b17-15-,21-20-. The van der Waals surface area contributed by atoms with Gasteiger partial charge in [0.05, 0.1) is 19.8 Å². The van der Waals surface area contributed by atoms with Crippen molar-refractivity contribution in [1.29, 1.82) is 0 Å². The molecule has 60 heavy (non-hydrogen) atoms. The van der Waals surface area contributed by atoms with Crippen molar-refractivity contribution in [3.8, 4) is 0 Å². The summed E-state index contributed by atoms with van der Waals surface area (Å²) in [6.45, 7) is 4.96. The van der Waals surface area contributed by atoms with E-state index in [0.29, 0.717) is 13.0 Å². The zero-order chi connectivity index (χ0) is 43.7. The second kappa shape index (κ2) is 49.0. The highest BCUT2D eigenvalue weighted by Gasteiger charge is 2.25. The first-order valence-electron chi connectivity index (χ1n) is 25.8. The van der Waals surface area contributed by atoms with E-state index in [1.807, 2.05) is 0 Å². The molecular weight excluding hydrogens is 770 g/mol. The molecule has 0 aromatic rings. The van der Waals surface area contributed by atoms with Crippen LogP contribution in [0.3, 0.4) is 0 Å². The maximum atomic E-state index is 12.6. The number of allylic oxidation sites excluding steroid dienone is 4. The Morgan fingerprint density at radius 2 is 0.883 bits per heavy atom. The highest BCUT2D eigenvalue weighted by atomic mass is 31.2. The molecule has 0 aliphatic rings. The van der Waals surface area contributed by atoms with Gasteiger partial charge in [-0.2, -0.15) is 0 Å². The van der Waals surface area contributed by atoms with Crippen LogP contribution in [-0.4, -0.2) is 49.9 Å². The van der Waals surface area contributed by atoms with Gasteiger partial charge in [-0.1, -0.05) is 231 Å². The predicted octanol–water partition coefficient (Wildman–Crippen LogP) is 16.0. The van der Waals surface area contributed by atoms with E-state index >= 15 is 0 Å². The van der Waals surface area contributed by atoms with Gasteiger partial charge in [0.1, 0.15) is 6.10 Å². The lowest BCUT2D eigenvalue weighted by Gasteiger charge is -2.20. The number of hydrogen-bond acceptors (Lipinski definition) is 7. The fourth-order valence-corrected chi connectivity index (χ4v) is 8.32. The third-order valence-corrected chi connectivity index (χ3v) is 12.4. The molecule has 0 aliphatic heterocycles. The van der Waals surface area contributed by atoms with E-state index < -0.39 is 13.9 Å². The molecule has 0 spiro atoms. The number of carbonyl (C=O) groups excluding carboxylic acids is 1. The van der Waals surface area contributed by atoms with Crippen molar-refractivity contribution < 1.29 is 32.8 Å². The second-order valence-corrected chi connectivity index (χ2v) is 18.8. The molecule has 8 nitrogen and oxygen atoms in total. The van der Waals surface area contributed by atoms with Gasteiger partial charge in [0.15, 0.2) is 0 Å². The van der Waals surface area contributed by atoms with Gasteiger partial charge < -0.3 is 20.1 Å². The topological polar surface area (TPSA) is 117 Å². The number of nitrogens with two attached hydrogens (primary N) is 1. The second-order valence-electron chi connectivity index (χ2n) is 17.4. The fraction of sp³-hybridized carbons (Fsp3) is 0.902. The summed E-state index contributed by atoms with van der Waals surface area (Å²) < 4.78 is 33.6. The van der Waals surface area contributed by atoms with Gasteiger partial charge in [-0.05, 0) is 44.9 Å². The number of carbonyl (C=O) groups is 1. The van der Waals surface area contributed by atoms with Gasteiger partial charge in [-0.3, -0.25) is 13.8 Å². The molecule has 0 heterocycles. The Morgan fingerprint density at radius 1 is 0.500 bits per heavy atom. The van der Waals surface area contributed by atoms with E-state index in [4.69, 9.17) is 24.3 Å². The molecule has 0 rings (SSSR count). The van der Waals surface area contributed by atoms with Gasteiger partial charge in [0.2, 0.25) is 0 Å². The van der Waals surface area contributed by atoms with E-state index in [1.165, 1.54) is 199 Å². The van der Waals surface area contributed by atoms with E-state index in [0.717, 1.165) is 38.5 Å². The monoisotopic (exact) mass is 870 g/mol. The average molecular weight is 870 g/mol. The molecule has 9 heteroatoms. The molecule has 2 unspecified atom stereocenters. The van der Waals surface area contributed by atoms with Gasteiger partial charge >= 0.3 is 13.8 Å². The summed E-state index contributed by atoms with van der Waals surface area (Å²) >= 11 is 0. The van der Waals surface area contributed by atoms with Crippen molar-refractivity contribution in [3.05, 3.63) is 24.3 Å². The van der Waals surface area contributed by atoms with Crippen LogP contribution in [0.2, 0.25) is 0 Å². The zero-order valence-electron chi connectivity index (χ0n) is 39.7. The molecule has 3 N–H and O–H groups in total. The number of rotatable bonds is 50. The number of hydrogen-bond donors (Lipinski definition) is 2. The van der Waals surface area contributed by atoms with Crippen molar-refractivity contribution in [2.45, 2.75) is 264 Å². The third kappa shape index (κ3) is 48.0. The average Bonchev–Trinajstić information content (AvgIpc) is 3.24. The van der Waals surface area contributed by atoms with Crippen LogP contribution in [0.1, 0.15) is 258 Å². The van der Waals surface area contributed by atoms with Crippen LogP contribution in [0.25, 0.3) is 0 Å².